The van der Waals surface area contributed by atoms with Gasteiger partial charge in [-0.2, -0.15) is 4.68 Å². The molecular formula is C24H20F2N4O2. The number of benzene rings is 3. The van der Waals surface area contributed by atoms with Gasteiger partial charge in [0.05, 0.1) is 17.3 Å². The zero-order valence-electron chi connectivity index (χ0n) is 17.3. The fourth-order valence-corrected chi connectivity index (χ4v) is 3.47. The summed E-state index contributed by atoms with van der Waals surface area (Å²) in [4.78, 5) is 32.1. The second-order valence-corrected chi connectivity index (χ2v) is 7.40. The number of anilines is 1. The minimum Gasteiger partial charge on any atom is -0.339 e. The van der Waals surface area contributed by atoms with Crippen LogP contribution in [0.25, 0.3) is 10.9 Å². The number of rotatable bonds is 6. The molecule has 1 N–H and O–H groups in total. The van der Waals surface area contributed by atoms with Crippen molar-refractivity contribution < 1.29 is 13.6 Å². The van der Waals surface area contributed by atoms with E-state index in [0.717, 1.165) is 28.4 Å². The molecule has 0 aliphatic carbocycles. The van der Waals surface area contributed by atoms with Gasteiger partial charge in [0.15, 0.2) is 0 Å². The lowest BCUT2D eigenvalue weighted by Crippen LogP contribution is -2.38. The zero-order chi connectivity index (χ0) is 22.7. The summed E-state index contributed by atoms with van der Waals surface area (Å²) in [5, 5.41) is 0.335. The van der Waals surface area contributed by atoms with Crippen LogP contribution < -0.4 is 15.9 Å². The molecular weight excluding hydrogens is 414 g/mol. The van der Waals surface area contributed by atoms with Crippen LogP contribution in [0, 0.1) is 11.6 Å². The van der Waals surface area contributed by atoms with E-state index in [-0.39, 0.29) is 17.9 Å². The van der Waals surface area contributed by atoms with E-state index in [9.17, 15) is 18.4 Å². The lowest BCUT2D eigenvalue weighted by atomic mass is 10.1. The molecule has 0 bridgehead atoms. The Bertz CT molecular complexity index is 1320. The predicted octanol–water partition coefficient (Wildman–Crippen LogP) is 3.62. The number of carbonyl (C=O) groups is 1. The van der Waals surface area contributed by atoms with E-state index < -0.39 is 23.1 Å². The van der Waals surface area contributed by atoms with Gasteiger partial charge in [-0.05, 0) is 35.4 Å². The molecule has 0 spiro atoms. The average molecular weight is 434 g/mol. The minimum atomic E-state index is -0.777. The molecule has 4 rings (SSSR count). The molecule has 0 saturated carbocycles. The van der Waals surface area contributed by atoms with Gasteiger partial charge in [0.2, 0.25) is 11.9 Å². The minimum absolute atomic E-state index is 0.154. The molecule has 0 unspecified atom stereocenters. The van der Waals surface area contributed by atoms with Gasteiger partial charge in [0.1, 0.15) is 11.6 Å². The smallest absolute Gasteiger partial charge is 0.281 e. The molecule has 0 fully saturated rings. The maximum absolute atomic E-state index is 13.5. The van der Waals surface area contributed by atoms with Crippen LogP contribution in [-0.2, 0) is 17.8 Å². The molecule has 0 aliphatic heterocycles. The molecule has 0 aliphatic rings. The first-order chi connectivity index (χ1) is 15.4. The van der Waals surface area contributed by atoms with E-state index in [4.69, 9.17) is 0 Å². The van der Waals surface area contributed by atoms with Gasteiger partial charge in [0.25, 0.3) is 5.56 Å². The second kappa shape index (κ2) is 8.97. The lowest BCUT2D eigenvalue weighted by molar-refractivity contribution is -0.116. The number of amides is 1. The van der Waals surface area contributed by atoms with Crippen LogP contribution in [-0.4, -0.2) is 22.6 Å². The number of nitrogens with zero attached hydrogens (tertiary/aromatic N) is 3. The summed E-state index contributed by atoms with van der Waals surface area (Å²) in [7, 11) is 1.76. The SMILES string of the molecule is CN(Cc1ccccc1)c1nc2ccccc2c(=O)n1NC(=O)Cc1cc(F)cc(F)c1. The first-order valence-electron chi connectivity index (χ1n) is 9.92. The second-order valence-electron chi connectivity index (χ2n) is 7.40. The Kier molecular flexibility index (Phi) is 5.93. The number of halogens is 2. The molecule has 162 valence electrons. The van der Waals surface area contributed by atoms with Crippen LogP contribution in [0.5, 0.6) is 0 Å². The van der Waals surface area contributed by atoms with Gasteiger partial charge in [0, 0.05) is 19.7 Å². The van der Waals surface area contributed by atoms with Crippen molar-refractivity contribution in [1.82, 2.24) is 9.66 Å². The monoisotopic (exact) mass is 434 g/mol. The fourth-order valence-electron chi connectivity index (χ4n) is 3.47. The van der Waals surface area contributed by atoms with Crippen LogP contribution in [0.3, 0.4) is 0 Å². The zero-order valence-corrected chi connectivity index (χ0v) is 17.3. The molecule has 0 saturated heterocycles. The highest BCUT2D eigenvalue weighted by Crippen LogP contribution is 2.16. The van der Waals surface area contributed by atoms with E-state index in [1.54, 1.807) is 36.2 Å². The normalized spacial score (nSPS) is 10.8. The fraction of sp³-hybridized carbons (Fsp3) is 0.125. The Morgan fingerprint density at radius 2 is 1.62 bits per heavy atom. The maximum atomic E-state index is 13.5. The first kappa shape index (κ1) is 21.2. The summed E-state index contributed by atoms with van der Waals surface area (Å²) in [6, 6.07) is 19.3. The van der Waals surface area contributed by atoms with Crippen molar-refractivity contribution in [3.8, 4) is 0 Å². The summed E-state index contributed by atoms with van der Waals surface area (Å²) in [5.41, 5.74) is 3.72. The number of fused-ring (bicyclic) bond motifs is 1. The Balaban J connectivity index is 1.69. The van der Waals surface area contributed by atoms with Gasteiger partial charge in [-0.1, -0.05) is 42.5 Å². The highest BCUT2D eigenvalue weighted by atomic mass is 19.1. The quantitative estimate of drug-likeness (QED) is 0.503. The molecule has 3 aromatic carbocycles. The largest absolute Gasteiger partial charge is 0.339 e. The summed E-state index contributed by atoms with van der Waals surface area (Å²) in [6.45, 7) is 0.441. The summed E-state index contributed by atoms with van der Waals surface area (Å²) >= 11 is 0. The standard InChI is InChI=1S/C24H20F2N4O2/c1-29(15-16-7-3-2-4-8-16)24-27-21-10-6-5-9-20(21)23(32)30(24)28-22(31)13-17-11-18(25)14-19(26)12-17/h2-12,14H,13,15H2,1H3,(H,28,31). The van der Waals surface area contributed by atoms with Crippen LogP contribution >= 0.6 is 0 Å². The number of hydrogen-bond acceptors (Lipinski definition) is 4. The first-order valence-corrected chi connectivity index (χ1v) is 9.92. The number of hydrogen-bond donors (Lipinski definition) is 1. The van der Waals surface area contributed by atoms with Crippen LogP contribution in [0.15, 0.2) is 77.6 Å². The van der Waals surface area contributed by atoms with Crippen molar-refractivity contribution in [1.29, 1.82) is 0 Å². The number of aromatic nitrogens is 2. The molecule has 32 heavy (non-hydrogen) atoms. The molecule has 0 radical (unpaired) electrons. The third kappa shape index (κ3) is 4.64. The van der Waals surface area contributed by atoms with Crippen molar-refractivity contribution in [3.63, 3.8) is 0 Å². The average Bonchev–Trinajstić information content (AvgIpc) is 2.75. The highest BCUT2D eigenvalue weighted by Gasteiger charge is 2.17. The van der Waals surface area contributed by atoms with Crippen molar-refractivity contribution in [3.05, 3.63) is 106 Å². The summed E-state index contributed by atoms with van der Waals surface area (Å²) in [5.74, 6) is -1.93. The van der Waals surface area contributed by atoms with Crippen molar-refractivity contribution in [2.75, 3.05) is 17.4 Å². The topological polar surface area (TPSA) is 67.2 Å². The Hall–Kier alpha value is -4.07. The maximum Gasteiger partial charge on any atom is 0.281 e. The van der Waals surface area contributed by atoms with E-state index in [1.807, 2.05) is 30.3 Å². The van der Waals surface area contributed by atoms with Crippen molar-refractivity contribution in [2.45, 2.75) is 13.0 Å². The van der Waals surface area contributed by atoms with E-state index in [2.05, 4.69) is 10.4 Å². The molecule has 8 heteroatoms. The third-order valence-electron chi connectivity index (χ3n) is 4.89. The Labute approximate surface area is 182 Å². The molecule has 1 amide bonds. The summed E-state index contributed by atoms with van der Waals surface area (Å²) < 4.78 is 28.0. The lowest BCUT2D eigenvalue weighted by Gasteiger charge is -2.23. The van der Waals surface area contributed by atoms with Gasteiger partial charge >= 0.3 is 0 Å². The van der Waals surface area contributed by atoms with E-state index in [0.29, 0.717) is 17.4 Å². The van der Waals surface area contributed by atoms with Crippen LogP contribution in [0.4, 0.5) is 14.7 Å². The highest BCUT2D eigenvalue weighted by molar-refractivity contribution is 5.87. The van der Waals surface area contributed by atoms with Gasteiger partial charge in [-0.15, -0.1) is 0 Å². The van der Waals surface area contributed by atoms with Gasteiger partial charge in [-0.3, -0.25) is 15.0 Å². The summed E-state index contributed by atoms with van der Waals surface area (Å²) in [6.07, 6.45) is -0.310. The third-order valence-corrected chi connectivity index (χ3v) is 4.89. The predicted molar refractivity (Wildman–Crippen MR) is 119 cm³/mol. The Morgan fingerprint density at radius 1 is 0.969 bits per heavy atom. The molecule has 0 atom stereocenters. The van der Waals surface area contributed by atoms with Crippen molar-refractivity contribution in [2.24, 2.45) is 0 Å². The van der Waals surface area contributed by atoms with E-state index in [1.165, 1.54) is 0 Å². The van der Waals surface area contributed by atoms with E-state index >= 15 is 0 Å². The molecule has 6 nitrogen and oxygen atoms in total. The number of para-hydroxylation sites is 1. The molecule has 1 heterocycles. The van der Waals surface area contributed by atoms with Gasteiger partial charge < -0.3 is 4.90 Å². The van der Waals surface area contributed by atoms with Crippen LogP contribution in [0.1, 0.15) is 11.1 Å². The molecule has 4 aromatic rings. The van der Waals surface area contributed by atoms with Crippen LogP contribution in [0.2, 0.25) is 0 Å². The number of nitrogens with one attached hydrogen (secondary N) is 1. The molecule has 1 aromatic heterocycles. The van der Waals surface area contributed by atoms with Gasteiger partial charge in [-0.25, -0.2) is 13.8 Å². The Morgan fingerprint density at radius 3 is 2.34 bits per heavy atom. The van der Waals surface area contributed by atoms with Crippen molar-refractivity contribution >= 4 is 22.8 Å². The number of carbonyl (C=O) groups excluding carboxylic acids is 1.